The Labute approximate surface area is 144 Å². The third kappa shape index (κ3) is 2.45. The van der Waals surface area contributed by atoms with Crippen LogP contribution in [-0.2, 0) is 0 Å². The second-order valence-electron chi connectivity index (χ2n) is 6.11. The Morgan fingerprint density at radius 3 is 3.04 bits per heavy atom. The zero-order valence-electron chi connectivity index (χ0n) is 13.3. The molecule has 1 atom stereocenters. The van der Waals surface area contributed by atoms with Gasteiger partial charge < -0.3 is 4.90 Å². The van der Waals surface area contributed by atoms with Crippen LogP contribution in [0.3, 0.4) is 0 Å². The predicted octanol–water partition coefficient (Wildman–Crippen LogP) is 3.90. The van der Waals surface area contributed by atoms with Crippen LogP contribution in [-0.4, -0.2) is 32.5 Å². The summed E-state index contributed by atoms with van der Waals surface area (Å²) < 4.78 is 0. The van der Waals surface area contributed by atoms with Crippen molar-refractivity contribution < 1.29 is 4.79 Å². The summed E-state index contributed by atoms with van der Waals surface area (Å²) in [6, 6.07) is 9.63. The smallest absolute Gasteiger partial charge is 0.255 e. The summed E-state index contributed by atoms with van der Waals surface area (Å²) in [7, 11) is 0. The number of likely N-dealkylation sites (tertiary alicyclic amines) is 1. The minimum atomic E-state index is -0.00702. The molecule has 1 aliphatic rings. The molecule has 1 aliphatic heterocycles. The van der Waals surface area contributed by atoms with Gasteiger partial charge in [-0.1, -0.05) is 29.8 Å². The summed E-state index contributed by atoms with van der Waals surface area (Å²) in [4.78, 5) is 19.3. The Kier molecular flexibility index (Phi) is 3.73. The van der Waals surface area contributed by atoms with Gasteiger partial charge in [-0.15, -0.1) is 0 Å². The van der Waals surface area contributed by atoms with Crippen molar-refractivity contribution in [3.8, 4) is 0 Å². The van der Waals surface area contributed by atoms with Crippen molar-refractivity contribution in [2.45, 2.75) is 25.8 Å². The molecule has 24 heavy (non-hydrogen) atoms. The molecule has 0 radical (unpaired) electrons. The Balaban J connectivity index is 1.69. The van der Waals surface area contributed by atoms with Crippen molar-refractivity contribution in [2.75, 3.05) is 6.54 Å². The fourth-order valence-electron chi connectivity index (χ4n) is 3.39. The van der Waals surface area contributed by atoms with E-state index in [4.69, 9.17) is 11.6 Å². The van der Waals surface area contributed by atoms with E-state index in [-0.39, 0.29) is 11.9 Å². The lowest BCUT2D eigenvalue weighted by atomic mass is 10.0. The fraction of sp³-hybridized carbons (Fsp3) is 0.278. The van der Waals surface area contributed by atoms with Gasteiger partial charge in [0.2, 0.25) is 0 Å². The van der Waals surface area contributed by atoms with Crippen molar-refractivity contribution in [3.63, 3.8) is 0 Å². The molecule has 0 aliphatic carbocycles. The highest BCUT2D eigenvalue weighted by Gasteiger charge is 2.32. The van der Waals surface area contributed by atoms with Crippen LogP contribution in [0.5, 0.6) is 0 Å². The number of aromatic nitrogens is 3. The summed E-state index contributed by atoms with van der Waals surface area (Å²) in [6.45, 7) is 2.63. The SMILES string of the molecule is Cc1n[nH]c2ncc(C(=O)N3CCC[C@@H]3c3ccccc3Cl)cc12. The number of benzene rings is 1. The van der Waals surface area contributed by atoms with E-state index >= 15 is 0 Å². The van der Waals surface area contributed by atoms with Gasteiger partial charge >= 0.3 is 0 Å². The number of amides is 1. The summed E-state index contributed by atoms with van der Waals surface area (Å²) in [5.74, 6) is -0.00702. The van der Waals surface area contributed by atoms with Crippen molar-refractivity contribution in [2.24, 2.45) is 0 Å². The molecule has 0 unspecified atom stereocenters. The van der Waals surface area contributed by atoms with Crippen LogP contribution in [0.25, 0.3) is 11.0 Å². The topological polar surface area (TPSA) is 61.9 Å². The monoisotopic (exact) mass is 340 g/mol. The number of aryl methyl sites for hydroxylation is 1. The van der Waals surface area contributed by atoms with E-state index in [1.807, 2.05) is 42.2 Å². The number of aromatic amines is 1. The van der Waals surface area contributed by atoms with Crippen LogP contribution in [0.2, 0.25) is 5.02 Å². The van der Waals surface area contributed by atoms with Crippen LogP contribution in [0.4, 0.5) is 0 Å². The van der Waals surface area contributed by atoms with Crippen LogP contribution in [0.1, 0.15) is 40.5 Å². The maximum absolute atomic E-state index is 13.0. The minimum absolute atomic E-state index is 0.00702. The molecule has 1 saturated heterocycles. The Morgan fingerprint density at radius 1 is 1.38 bits per heavy atom. The maximum atomic E-state index is 13.0. The number of fused-ring (bicyclic) bond motifs is 1. The molecule has 1 fully saturated rings. The number of nitrogens with one attached hydrogen (secondary N) is 1. The zero-order valence-corrected chi connectivity index (χ0v) is 14.0. The second kappa shape index (κ2) is 5.91. The van der Waals surface area contributed by atoms with E-state index in [9.17, 15) is 4.79 Å². The quantitative estimate of drug-likeness (QED) is 0.769. The lowest BCUT2D eigenvalue weighted by Crippen LogP contribution is -2.30. The van der Waals surface area contributed by atoms with E-state index in [2.05, 4.69) is 15.2 Å². The number of carbonyl (C=O) groups is 1. The Hall–Kier alpha value is -2.40. The first-order valence-corrected chi connectivity index (χ1v) is 8.39. The molecule has 6 heteroatoms. The van der Waals surface area contributed by atoms with Gasteiger partial charge in [0.25, 0.3) is 5.91 Å². The molecule has 5 nitrogen and oxygen atoms in total. The normalized spacial score (nSPS) is 17.6. The molecule has 1 aromatic carbocycles. The van der Waals surface area contributed by atoms with Gasteiger partial charge in [0.1, 0.15) is 0 Å². The van der Waals surface area contributed by atoms with Crippen molar-refractivity contribution in [1.82, 2.24) is 20.1 Å². The number of pyridine rings is 1. The molecule has 2 aromatic heterocycles. The Bertz CT molecular complexity index is 920. The number of H-pyrrole nitrogens is 1. The molecule has 1 amide bonds. The maximum Gasteiger partial charge on any atom is 0.255 e. The summed E-state index contributed by atoms with van der Waals surface area (Å²) in [5, 5.41) is 8.59. The predicted molar refractivity (Wildman–Crippen MR) is 93.1 cm³/mol. The lowest BCUT2D eigenvalue weighted by molar-refractivity contribution is 0.0735. The number of nitrogens with zero attached hydrogens (tertiary/aromatic N) is 3. The first-order valence-electron chi connectivity index (χ1n) is 8.01. The summed E-state index contributed by atoms with van der Waals surface area (Å²) in [6.07, 6.45) is 3.52. The van der Waals surface area contributed by atoms with Gasteiger partial charge in [0, 0.05) is 23.2 Å². The van der Waals surface area contributed by atoms with E-state index in [0.29, 0.717) is 16.2 Å². The van der Waals surface area contributed by atoms with E-state index < -0.39 is 0 Å². The summed E-state index contributed by atoms with van der Waals surface area (Å²) >= 11 is 6.34. The third-order valence-electron chi connectivity index (χ3n) is 4.63. The molecule has 3 aromatic rings. The van der Waals surface area contributed by atoms with E-state index in [0.717, 1.165) is 36.0 Å². The minimum Gasteiger partial charge on any atom is -0.332 e. The standard InChI is InChI=1S/C18H17ClN4O/c1-11-14-9-12(10-20-17(14)22-21-11)18(24)23-8-4-7-16(23)13-5-2-3-6-15(13)19/h2-3,5-6,9-10,16H,4,7-8H2,1H3,(H,20,21,22)/t16-/m1/s1. The van der Waals surface area contributed by atoms with Gasteiger partial charge in [0.15, 0.2) is 5.65 Å². The van der Waals surface area contributed by atoms with Gasteiger partial charge in [-0.05, 0) is 37.5 Å². The van der Waals surface area contributed by atoms with Crippen LogP contribution >= 0.6 is 11.6 Å². The number of halogens is 1. The largest absolute Gasteiger partial charge is 0.332 e. The van der Waals surface area contributed by atoms with E-state index in [1.54, 1.807) is 6.20 Å². The average Bonchev–Trinajstić information content (AvgIpc) is 3.22. The molecule has 0 saturated carbocycles. The number of hydrogen-bond donors (Lipinski definition) is 1. The molecule has 0 bridgehead atoms. The molecule has 122 valence electrons. The molecule has 1 N–H and O–H groups in total. The van der Waals surface area contributed by atoms with Crippen LogP contribution in [0.15, 0.2) is 36.5 Å². The Morgan fingerprint density at radius 2 is 2.21 bits per heavy atom. The number of carbonyl (C=O) groups excluding carboxylic acids is 1. The van der Waals surface area contributed by atoms with Gasteiger partial charge in [-0.3, -0.25) is 9.89 Å². The highest BCUT2D eigenvalue weighted by atomic mass is 35.5. The zero-order chi connectivity index (χ0) is 16.7. The fourth-order valence-corrected chi connectivity index (χ4v) is 3.65. The number of hydrogen-bond acceptors (Lipinski definition) is 3. The molecule has 3 heterocycles. The first kappa shape index (κ1) is 15.1. The summed E-state index contributed by atoms with van der Waals surface area (Å²) in [5.41, 5.74) is 3.15. The average molecular weight is 341 g/mol. The molecular weight excluding hydrogens is 324 g/mol. The van der Waals surface area contributed by atoms with Crippen molar-refractivity contribution >= 4 is 28.5 Å². The number of rotatable bonds is 2. The van der Waals surface area contributed by atoms with E-state index in [1.165, 1.54) is 0 Å². The molecular formula is C18H17ClN4O. The van der Waals surface area contributed by atoms with Gasteiger partial charge in [0.05, 0.1) is 17.3 Å². The lowest BCUT2D eigenvalue weighted by Gasteiger charge is -2.25. The molecule has 4 rings (SSSR count). The highest BCUT2D eigenvalue weighted by molar-refractivity contribution is 6.31. The third-order valence-corrected chi connectivity index (χ3v) is 4.98. The van der Waals surface area contributed by atoms with Gasteiger partial charge in [-0.2, -0.15) is 5.10 Å². The van der Waals surface area contributed by atoms with Gasteiger partial charge in [-0.25, -0.2) is 4.98 Å². The first-order chi connectivity index (χ1) is 11.6. The van der Waals surface area contributed by atoms with Crippen LogP contribution in [0, 0.1) is 6.92 Å². The highest BCUT2D eigenvalue weighted by Crippen LogP contribution is 2.36. The van der Waals surface area contributed by atoms with Crippen LogP contribution < -0.4 is 0 Å². The molecule has 0 spiro atoms. The second-order valence-corrected chi connectivity index (χ2v) is 6.51. The van der Waals surface area contributed by atoms with Crippen molar-refractivity contribution in [1.29, 1.82) is 0 Å². The van der Waals surface area contributed by atoms with Crippen molar-refractivity contribution in [3.05, 3.63) is 58.4 Å².